The number of nitrogens with one attached hydrogen (secondary N) is 1. The van der Waals surface area contributed by atoms with Gasteiger partial charge >= 0.3 is 0 Å². The van der Waals surface area contributed by atoms with Crippen LogP contribution < -0.4 is 16.2 Å². The summed E-state index contributed by atoms with van der Waals surface area (Å²) in [5.74, 6) is 5.91. The average molecular weight is 422 g/mol. The number of nitrogens with zero attached hydrogens (tertiary/aromatic N) is 2. The van der Waals surface area contributed by atoms with Gasteiger partial charge in [-0.3, -0.25) is 10.2 Å². The zero-order valence-corrected chi connectivity index (χ0v) is 17.4. The number of pyridine rings is 1. The third-order valence-electron chi connectivity index (χ3n) is 3.93. The number of aromatic nitrogens is 1. The van der Waals surface area contributed by atoms with E-state index in [2.05, 4.69) is 46.5 Å². The van der Waals surface area contributed by atoms with Crippen molar-refractivity contribution in [1.82, 2.24) is 10.4 Å². The fraction of sp³-hybridized carbons (Fsp3) is 0.333. The molecule has 2 rings (SSSR count). The summed E-state index contributed by atoms with van der Waals surface area (Å²) in [6.07, 6.45) is 4.16. The zero-order valence-electron chi connectivity index (χ0n) is 15.0. The molecule has 1 amide bonds. The number of aryl methyl sites for hydroxylation is 2. The molecule has 0 aliphatic heterocycles. The van der Waals surface area contributed by atoms with Crippen molar-refractivity contribution in [3.63, 3.8) is 0 Å². The van der Waals surface area contributed by atoms with Crippen molar-refractivity contribution in [3.05, 3.63) is 59.3 Å². The van der Waals surface area contributed by atoms with Gasteiger partial charge in [-0.25, -0.2) is 10.8 Å². The number of benzene rings is 1. The van der Waals surface area contributed by atoms with E-state index >= 15 is 0 Å². The normalized spacial score (nSPS) is 9.19. The molecule has 0 unspecified atom stereocenters. The van der Waals surface area contributed by atoms with Gasteiger partial charge < -0.3 is 4.90 Å². The molecule has 0 aliphatic rings. The summed E-state index contributed by atoms with van der Waals surface area (Å²) in [7, 11) is 2.04. The van der Waals surface area contributed by atoms with Gasteiger partial charge in [0.05, 0.1) is 6.42 Å². The third kappa shape index (κ3) is 8.23. The highest BCUT2D eigenvalue weighted by Gasteiger charge is 2.03. The number of hydrogen-bond acceptors (Lipinski definition) is 4. The second-order valence-corrected chi connectivity index (χ2v) is 5.60. The van der Waals surface area contributed by atoms with Crippen LogP contribution in [-0.4, -0.2) is 24.5 Å². The molecule has 0 saturated carbocycles. The number of hydrogen-bond donors (Lipinski definition) is 2. The SMILES string of the molecule is CCN(C)c1ccc(CCc2ccc(CC(=O)NN)cc2)cn1.Cl.Cl.Cl. The first kappa shape index (κ1) is 26.7. The summed E-state index contributed by atoms with van der Waals surface area (Å²) in [6, 6.07) is 12.3. The van der Waals surface area contributed by atoms with E-state index in [1.54, 1.807) is 0 Å². The number of hydrazine groups is 1. The summed E-state index contributed by atoms with van der Waals surface area (Å²) in [5.41, 5.74) is 5.58. The first-order valence-corrected chi connectivity index (χ1v) is 7.85. The Bertz CT molecular complexity index is 636. The van der Waals surface area contributed by atoms with E-state index < -0.39 is 0 Å². The minimum atomic E-state index is -0.180. The van der Waals surface area contributed by atoms with Crippen LogP contribution >= 0.6 is 37.2 Å². The Kier molecular flexibility index (Phi) is 14.0. The molecule has 8 heteroatoms. The van der Waals surface area contributed by atoms with Crippen molar-refractivity contribution >= 4 is 48.9 Å². The zero-order chi connectivity index (χ0) is 16.7. The largest absolute Gasteiger partial charge is 0.360 e. The minimum Gasteiger partial charge on any atom is -0.360 e. The second-order valence-electron chi connectivity index (χ2n) is 5.60. The molecule has 26 heavy (non-hydrogen) atoms. The van der Waals surface area contributed by atoms with E-state index in [-0.39, 0.29) is 43.1 Å². The molecule has 2 aromatic rings. The second kappa shape index (κ2) is 13.6. The topological polar surface area (TPSA) is 71.2 Å². The molecule has 1 aromatic carbocycles. The van der Waals surface area contributed by atoms with Crippen LogP contribution in [0.2, 0.25) is 0 Å². The number of carbonyl (C=O) groups is 1. The smallest absolute Gasteiger partial charge is 0.238 e. The van der Waals surface area contributed by atoms with Crippen LogP contribution in [0.25, 0.3) is 0 Å². The Morgan fingerprint density at radius 1 is 1.00 bits per heavy atom. The standard InChI is InChI=1S/C18H24N4O.3ClH/c1-3-22(2)17-11-10-16(13-20-17)9-6-14-4-7-15(8-5-14)12-18(23)21-19;;;/h4-5,7-8,10-11,13H,3,6,9,12,19H2,1-2H3,(H,21,23);3*1H. The molecule has 1 aromatic heterocycles. The van der Waals surface area contributed by atoms with Crippen LogP contribution in [0.5, 0.6) is 0 Å². The highest BCUT2D eigenvalue weighted by Crippen LogP contribution is 2.12. The predicted molar refractivity (Wildman–Crippen MR) is 115 cm³/mol. The highest BCUT2D eigenvalue weighted by molar-refractivity contribution is 5.86. The molecule has 0 bridgehead atoms. The van der Waals surface area contributed by atoms with Gasteiger partial charge in [-0.1, -0.05) is 30.3 Å². The predicted octanol–water partition coefficient (Wildman–Crippen LogP) is 3.12. The molecule has 146 valence electrons. The van der Waals surface area contributed by atoms with Crippen molar-refractivity contribution < 1.29 is 4.79 Å². The monoisotopic (exact) mass is 420 g/mol. The maximum absolute atomic E-state index is 11.2. The lowest BCUT2D eigenvalue weighted by Gasteiger charge is -2.15. The highest BCUT2D eigenvalue weighted by atomic mass is 35.5. The Morgan fingerprint density at radius 2 is 1.54 bits per heavy atom. The summed E-state index contributed by atoms with van der Waals surface area (Å²) in [4.78, 5) is 17.8. The van der Waals surface area contributed by atoms with Crippen LogP contribution in [0.1, 0.15) is 23.6 Å². The Morgan fingerprint density at radius 3 is 2.04 bits per heavy atom. The van der Waals surface area contributed by atoms with Crippen molar-refractivity contribution in [2.75, 3.05) is 18.5 Å². The molecule has 0 aliphatic carbocycles. The average Bonchev–Trinajstić information content (AvgIpc) is 2.60. The molecular weight excluding hydrogens is 395 g/mol. The van der Waals surface area contributed by atoms with E-state index in [9.17, 15) is 4.79 Å². The van der Waals surface area contributed by atoms with Gasteiger partial charge in [-0.15, -0.1) is 37.2 Å². The van der Waals surface area contributed by atoms with Crippen molar-refractivity contribution in [2.24, 2.45) is 5.84 Å². The van der Waals surface area contributed by atoms with E-state index in [0.29, 0.717) is 6.42 Å². The quantitative estimate of drug-likeness (QED) is 0.409. The first-order chi connectivity index (χ1) is 11.1. The van der Waals surface area contributed by atoms with Gasteiger partial charge in [0.2, 0.25) is 5.91 Å². The Balaban J connectivity index is 0. The van der Waals surface area contributed by atoms with E-state index in [1.807, 2.05) is 25.4 Å². The molecule has 5 nitrogen and oxygen atoms in total. The third-order valence-corrected chi connectivity index (χ3v) is 3.93. The lowest BCUT2D eigenvalue weighted by Crippen LogP contribution is -2.31. The van der Waals surface area contributed by atoms with Gasteiger partial charge in [0, 0.05) is 19.8 Å². The molecule has 0 saturated heterocycles. The number of halogens is 3. The van der Waals surface area contributed by atoms with Gasteiger partial charge in [-0.05, 0) is 42.5 Å². The fourth-order valence-electron chi connectivity index (χ4n) is 2.30. The van der Waals surface area contributed by atoms with Crippen molar-refractivity contribution in [3.8, 4) is 0 Å². The lowest BCUT2D eigenvalue weighted by atomic mass is 10.0. The molecular formula is C18H27Cl3N4O. The van der Waals surface area contributed by atoms with Crippen LogP contribution in [-0.2, 0) is 24.1 Å². The van der Waals surface area contributed by atoms with Gasteiger partial charge in [0.1, 0.15) is 5.82 Å². The van der Waals surface area contributed by atoms with Crippen molar-refractivity contribution in [2.45, 2.75) is 26.2 Å². The molecule has 0 atom stereocenters. The molecule has 0 fully saturated rings. The minimum absolute atomic E-state index is 0. The lowest BCUT2D eigenvalue weighted by molar-refractivity contribution is -0.120. The summed E-state index contributed by atoms with van der Waals surface area (Å²) in [5, 5.41) is 0. The van der Waals surface area contributed by atoms with Gasteiger partial charge in [0.15, 0.2) is 0 Å². The summed E-state index contributed by atoms with van der Waals surface area (Å²) < 4.78 is 0. The first-order valence-electron chi connectivity index (χ1n) is 7.85. The maximum Gasteiger partial charge on any atom is 0.238 e. The van der Waals surface area contributed by atoms with E-state index in [0.717, 1.165) is 30.8 Å². The van der Waals surface area contributed by atoms with Crippen LogP contribution in [0.3, 0.4) is 0 Å². The molecule has 0 spiro atoms. The van der Waals surface area contributed by atoms with Crippen LogP contribution in [0, 0.1) is 0 Å². The number of rotatable bonds is 7. The van der Waals surface area contributed by atoms with Crippen molar-refractivity contribution in [1.29, 1.82) is 0 Å². The molecule has 1 heterocycles. The Labute approximate surface area is 174 Å². The fourth-order valence-corrected chi connectivity index (χ4v) is 2.30. The van der Waals surface area contributed by atoms with E-state index in [1.165, 1.54) is 11.1 Å². The van der Waals surface area contributed by atoms with Gasteiger partial charge in [0.25, 0.3) is 0 Å². The van der Waals surface area contributed by atoms with Crippen LogP contribution in [0.4, 0.5) is 5.82 Å². The maximum atomic E-state index is 11.2. The number of amides is 1. The molecule has 0 radical (unpaired) electrons. The van der Waals surface area contributed by atoms with Crippen LogP contribution in [0.15, 0.2) is 42.6 Å². The number of anilines is 1. The van der Waals surface area contributed by atoms with Gasteiger partial charge in [-0.2, -0.15) is 0 Å². The Hall–Kier alpha value is -1.53. The summed E-state index contributed by atoms with van der Waals surface area (Å²) >= 11 is 0. The molecule has 3 N–H and O–H groups in total. The number of carbonyl (C=O) groups excluding carboxylic acids is 1. The number of nitrogens with two attached hydrogens (primary N) is 1. The van der Waals surface area contributed by atoms with E-state index in [4.69, 9.17) is 5.84 Å². The summed E-state index contributed by atoms with van der Waals surface area (Å²) in [6.45, 7) is 3.05.